The lowest BCUT2D eigenvalue weighted by molar-refractivity contribution is 0.0951. The Hall–Kier alpha value is -1.59. The van der Waals surface area contributed by atoms with Crippen LogP contribution in [-0.4, -0.2) is 24.5 Å². The molecule has 1 N–H and O–H groups in total. The summed E-state index contributed by atoms with van der Waals surface area (Å²) in [6, 6.07) is 4.95. The van der Waals surface area contributed by atoms with Crippen molar-refractivity contribution in [3.05, 3.63) is 44.9 Å². The SMILES string of the molecule is COc1cc(Cl)ccc1C(=O)NCCc1nc(C)cs1. The van der Waals surface area contributed by atoms with Gasteiger partial charge >= 0.3 is 0 Å². The molecule has 0 aliphatic heterocycles. The van der Waals surface area contributed by atoms with Gasteiger partial charge in [0.2, 0.25) is 0 Å². The zero-order valence-electron chi connectivity index (χ0n) is 11.3. The highest BCUT2D eigenvalue weighted by molar-refractivity contribution is 7.09. The molecule has 0 saturated carbocycles. The summed E-state index contributed by atoms with van der Waals surface area (Å²) in [5.74, 6) is 0.298. The molecule has 4 nitrogen and oxygen atoms in total. The number of methoxy groups -OCH3 is 1. The molecule has 106 valence electrons. The number of benzene rings is 1. The lowest BCUT2D eigenvalue weighted by atomic mass is 10.2. The van der Waals surface area contributed by atoms with Crippen LogP contribution in [0.2, 0.25) is 5.02 Å². The first-order valence-corrected chi connectivity index (χ1v) is 7.38. The number of halogens is 1. The van der Waals surface area contributed by atoms with Crippen molar-refractivity contribution in [3.63, 3.8) is 0 Å². The first kappa shape index (κ1) is 14.8. The van der Waals surface area contributed by atoms with Crippen molar-refractivity contribution in [2.24, 2.45) is 0 Å². The van der Waals surface area contributed by atoms with Crippen molar-refractivity contribution in [1.29, 1.82) is 0 Å². The van der Waals surface area contributed by atoms with Gasteiger partial charge in [0.05, 0.1) is 17.7 Å². The molecule has 0 fully saturated rings. The van der Waals surface area contributed by atoms with Gasteiger partial charge in [-0.05, 0) is 25.1 Å². The highest BCUT2D eigenvalue weighted by Crippen LogP contribution is 2.22. The van der Waals surface area contributed by atoms with Crippen molar-refractivity contribution < 1.29 is 9.53 Å². The number of nitrogens with one attached hydrogen (secondary N) is 1. The maximum atomic E-state index is 12.1. The summed E-state index contributed by atoms with van der Waals surface area (Å²) in [7, 11) is 1.51. The Morgan fingerprint density at radius 1 is 1.50 bits per heavy atom. The van der Waals surface area contributed by atoms with Gasteiger partial charge in [0.25, 0.3) is 5.91 Å². The number of ether oxygens (including phenoxy) is 1. The molecule has 0 atom stereocenters. The molecular formula is C14H15ClN2O2S. The van der Waals surface area contributed by atoms with Crippen LogP contribution >= 0.6 is 22.9 Å². The van der Waals surface area contributed by atoms with E-state index in [0.29, 0.717) is 22.9 Å². The van der Waals surface area contributed by atoms with E-state index >= 15 is 0 Å². The van der Waals surface area contributed by atoms with Gasteiger partial charge in [-0.2, -0.15) is 0 Å². The maximum absolute atomic E-state index is 12.1. The van der Waals surface area contributed by atoms with Gasteiger partial charge in [0, 0.05) is 29.1 Å². The summed E-state index contributed by atoms with van der Waals surface area (Å²) in [4.78, 5) is 16.4. The predicted octanol–water partition coefficient (Wildman–Crippen LogP) is 3.09. The largest absolute Gasteiger partial charge is 0.496 e. The Morgan fingerprint density at radius 2 is 2.30 bits per heavy atom. The molecule has 6 heteroatoms. The fraction of sp³-hybridized carbons (Fsp3) is 0.286. The molecule has 1 aromatic heterocycles. The van der Waals surface area contributed by atoms with Crippen LogP contribution in [-0.2, 0) is 6.42 Å². The van der Waals surface area contributed by atoms with E-state index in [-0.39, 0.29) is 5.91 Å². The fourth-order valence-electron chi connectivity index (χ4n) is 1.75. The van der Waals surface area contributed by atoms with E-state index in [4.69, 9.17) is 16.3 Å². The zero-order chi connectivity index (χ0) is 14.5. The van der Waals surface area contributed by atoms with Gasteiger partial charge in [-0.15, -0.1) is 11.3 Å². The van der Waals surface area contributed by atoms with Crippen molar-refractivity contribution in [2.45, 2.75) is 13.3 Å². The van der Waals surface area contributed by atoms with Crippen LogP contribution < -0.4 is 10.1 Å². The smallest absolute Gasteiger partial charge is 0.255 e. The van der Waals surface area contributed by atoms with E-state index in [0.717, 1.165) is 17.1 Å². The number of hydrogen-bond acceptors (Lipinski definition) is 4. The van der Waals surface area contributed by atoms with Crippen LogP contribution in [0.1, 0.15) is 21.1 Å². The first-order valence-electron chi connectivity index (χ1n) is 6.13. The zero-order valence-corrected chi connectivity index (χ0v) is 12.8. The van der Waals surface area contributed by atoms with Crippen LogP contribution in [0.25, 0.3) is 0 Å². The Labute approximate surface area is 126 Å². The van der Waals surface area contributed by atoms with Crippen molar-refractivity contribution in [1.82, 2.24) is 10.3 Å². The predicted molar refractivity (Wildman–Crippen MR) is 80.9 cm³/mol. The summed E-state index contributed by atoms with van der Waals surface area (Å²) in [6.07, 6.45) is 0.722. The molecule has 2 rings (SSSR count). The molecule has 1 amide bonds. The molecule has 20 heavy (non-hydrogen) atoms. The number of thiazole rings is 1. The van der Waals surface area contributed by atoms with E-state index in [9.17, 15) is 4.79 Å². The number of carbonyl (C=O) groups is 1. The monoisotopic (exact) mass is 310 g/mol. The van der Waals surface area contributed by atoms with Crippen LogP contribution in [0.3, 0.4) is 0 Å². The van der Waals surface area contributed by atoms with Gasteiger partial charge in [0.15, 0.2) is 0 Å². The van der Waals surface area contributed by atoms with Crippen molar-refractivity contribution >= 4 is 28.8 Å². The summed E-state index contributed by atoms with van der Waals surface area (Å²) in [5, 5.41) is 6.41. The Balaban J connectivity index is 1.95. The third-order valence-corrected chi connectivity index (χ3v) is 3.96. The van der Waals surface area contributed by atoms with Gasteiger partial charge < -0.3 is 10.1 Å². The quantitative estimate of drug-likeness (QED) is 0.923. The van der Waals surface area contributed by atoms with Gasteiger partial charge in [-0.3, -0.25) is 4.79 Å². The van der Waals surface area contributed by atoms with Crippen LogP contribution in [0.4, 0.5) is 0 Å². The van der Waals surface area contributed by atoms with Gasteiger partial charge in [-0.25, -0.2) is 4.98 Å². The molecular weight excluding hydrogens is 296 g/mol. The first-order chi connectivity index (χ1) is 9.60. The maximum Gasteiger partial charge on any atom is 0.255 e. The summed E-state index contributed by atoms with van der Waals surface area (Å²) in [5.41, 5.74) is 1.49. The minimum absolute atomic E-state index is 0.174. The minimum Gasteiger partial charge on any atom is -0.496 e. The number of amides is 1. The number of aryl methyl sites for hydroxylation is 1. The average Bonchev–Trinajstić information content (AvgIpc) is 2.84. The van der Waals surface area contributed by atoms with Crippen LogP contribution in [0.5, 0.6) is 5.75 Å². The second-order valence-electron chi connectivity index (χ2n) is 4.23. The average molecular weight is 311 g/mol. The fourth-order valence-corrected chi connectivity index (χ4v) is 2.69. The van der Waals surface area contributed by atoms with Crippen LogP contribution in [0, 0.1) is 6.92 Å². The molecule has 1 aromatic carbocycles. The molecule has 1 heterocycles. The lowest BCUT2D eigenvalue weighted by Gasteiger charge is -2.09. The van der Waals surface area contributed by atoms with Gasteiger partial charge in [-0.1, -0.05) is 11.6 Å². The number of nitrogens with zero attached hydrogens (tertiary/aromatic N) is 1. The molecule has 2 aromatic rings. The molecule has 0 bridgehead atoms. The number of rotatable bonds is 5. The molecule has 0 aliphatic rings. The molecule has 0 aliphatic carbocycles. The molecule has 0 saturated heterocycles. The highest BCUT2D eigenvalue weighted by Gasteiger charge is 2.12. The van der Waals surface area contributed by atoms with Crippen LogP contribution in [0.15, 0.2) is 23.6 Å². The van der Waals surface area contributed by atoms with E-state index in [1.807, 2.05) is 12.3 Å². The summed E-state index contributed by atoms with van der Waals surface area (Å²) < 4.78 is 5.16. The Morgan fingerprint density at radius 3 is 2.95 bits per heavy atom. The second kappa shape index (κ2) is 6.72. The molecule has 0 radical (unpaired) electrons. The third-order valence-electron chi connectivity index (χ3n) is 2.70. The van der Waals surface area contributed by atoms with Gasteiger partial charge in [0.1, 0.15) is 5.75 Å². The second-order valence-corrected chi connectivity index (χ2v) is 5.61. The van der Waals surface area contributed by atoms with E-state index in [1.165, 1.54) is 7.11 Å². The molecule has 0 unspecified atom stereocenters. The standard InChI is InChI=1S/C14H15ClN2O2S/c1-9-8-20-13(17-9)5-6-16-14(18)11-4-3-10(15)7-12(11)19-2/h3-4,7-8H,5-6H2,1-2H3,(H,16,18). The Kier molecular flexibility index (Phi) is 4.98. The number of carbonyl (C=O) groups excluding carboxylic acids is 1. The minimum atomic E-state index is -0.174. The highest BCUT2D eigenvalue weighted by atomic mass is 35.5. The topological polar surface area (TPSA) is 51.2 Å². The van der Waals surface area contributed by atoms with Crippen molar-refractivity contribution in [2.75, 3.05) is 13.7 Å². The summed E-state index contributed by atoms with van der Waals surface area (Å²) in [6.45, 7) is 2.49. The summed E-state index contributed by atoms with van der Waals surface area (Å²) >= 11 is 7.47. The molecule has 0 spiro atoms. The van der Waals surface area contributed by atoms with E-state index in [2.05, 4.69) is 10.3 Å². The Bertz CT molecular complexity index is 613. The van der Waals surface area contributed by atoms with Crippen molar-refractivity contribution in [3.8, 4) is 5.75 Å². The normalized spacial score (nSPS) is 10.3. The lowest BCUT2D eigenvalue weighted by Crippen LogP contribution is -2.26. The van der Waals surface area contributed by atoms with E-state index < -0.39 is 0 Å². The van der Waals surface area contributed by atoms with E-state index in [1.54, 1.807) is 29.5 Å². The third kappa shape index (κ3) is 3.71. The number of hydrogen-bond donors (Lipinski definition) is 1. The number of aromatic nitrogens is 1.